The molecule has 4 rings (SSSR count). The zero-order valence-electron chi connectivity index (χ0n) is 17.5. The summed E-state index contributed by atoms with van der Waals surface area (Å²) in [4.78, 5) is 30.2. The van der Waals surface area contributed by atoms with E-state index in [9.17, 15) is 18.0 Å². The van der Waals surface area contributed by atoms with Crippen molar-refractivity contribution in [3.8, 4) is 0 Å². The van der Waals surface area contributed by atoms with Gasteiger partial charge >= 0.3 is 0 Å². The van der Waals surface area contributed by atoms with E-state index in [1.807, 2.05) is 0 Å². The summed E-state index contributed by atoms with van der Waals surface area (Å²) in [5.41, 5.74) is -0.506. The highest BCUT2D eigenvalue weighted by Crippen LogP contribution is 2.31. The molecule has 0 unspecified atom stereocenters. The molecule has 32 heavy (non-hydrogen) atoms. The van der Waals surface area contributed by atoms with Gasteiger partial charge in [-0.05, 0) is 44.1 Å². The van der Waals surface area contributed by atoms with Gasteiger partial charge in [-0.2, -0.15) is 0 Å². The first-order chi connectivity index (χ1) is 15.3. The predicted molar refractivity (Wildman–Crippen MR) is 123 cm³/mol. The molecule has 174 valence electrons. The highest BCUT2D eigenvalue weighted by atomic mass is 35.5. The Morgan fingerprint density at radius 1 is 1.28 bits per heavy atom. The maximum Gasteiger partial charge on any atom is 0.252 e. The summed E-state index contributed by atoms with van der Waals surface area (Å²) in [7, 11) is -3.55. The zero-order valence-corrected chi connectivity index (χ0v) is 19.9. The monoisotopic (exact) mass is 499 g/mol. The molecule has 1 saturated carbocycles. The second kappa shape index (κ2) is 10.0. The number of rotatable bonds is 7. The molecule has 0 radical (unpaired) electrons. The van der Waals surface area contributed by atoms with E-state index in [0.29, 0.717) is 41.9 Å². The number of nitrogens with zero attached hydrogens (tertiary/aromatic N) is 2. The topological polar surface area (TPSA) is 107 Å². The first-order valence-corrected chi connectivity index (χ1v) is 13.5. The SMILES string of the molecule is O=C(Nc1ncc(Cl)s1)[C@H](CC1CCOCC1)n1ccc(S(=O)(=O)C2CCCC2)cc1=O. The molecule has 1 atom stereocenters. The van der Waals surface area contributed by atoms with Gasteiger partial charge in [-0.15, -0.1) is 0 Å². The van der Waals surface area contributed by atoms with Crippen LogP contribution in [0.5, 0.6) is 0 Å². The molecule has 1 amide bonds. The number of thiazole rings is 1. The van der Waals surface area contributed by atoms with Crippen molar-refractivity contribution in [2.75, 3.05) is 18.5 Å². The molecule has 2 aliphatic rings. The quantitative estimate of drug-likeness (QED) is 0.622. The van der Waals surface area contributed by atoms with E-state index in [1.165, 1.54) is 23.0 Å². The van der Waals surface area contributed by atoms with Gasteiger partial charge in [0.15, 0.2) is 15.0 Å². The van der Waals surface area contributed by atoms with Crippen molar-refractivity contribution in [1.29, 1.82) is 0 Å². The normalized spacial score (nSPS) is 19.2. The smallest absolute Gasteiger partial charge is 0.252 e. The third-order valence-corrected chi connectivity index (χ3v) is 9.52. The van der Waals surface area contributed by atoms with Gasteiger partial charge in [-0.1, -0.05) is 35.8 Å². The van der Waals surface area contributed by atoms with Crippen molar-refractivity contribution in [3.63, 3.8) is 0 Å². The van der Waals surface area contributed by atoms with Crippen LogP contribution in [0.3, 0.4) is 0 Å². The number of carbonyl (C=O) groups is 1. The minimum Gasteiger partial charge on any atom is -0.381 e. The number of sulfone groups is 1. The van der Waals surface area contributed by atoms with Gasteiger partial charge in [0.1, 0.15) is 10.4 Å². The lowest BCUT2D eigenvalue weighted by atomic mass is 9.92. The first-order valence-electron chi connectivity index (χ1n) is 10.8. The molecule has 2 fully saturated rings. The molecule has 2 aromatic heterocycles. The molecule has 1 aliphatic heterocycles. The van der Waals surface area contributed by atoms with Crippen LogP contribution in [0.25, 0.3) is 0 Å². The fraction of sp³-hybridized carbons (Fsp3) is 0.571. The Morgan fingerprint density at radius 3 is 2.62 bits per heavy atom. The van der Waals surface area contributed by atoms with Crippen molar-refractivity contribution >= 4 is 43.8 Å². The van der Waals surface area contributed by atoms with Gasteiger partial charge in [0.2, 0.25) is 5.91 Å². The number of nitrogens with one attached hydrogen (secondary N) is 1. The number of hydrogen-bond donors (Lipinski definition) is 1. The van der Waals surface area contributed by atoms with Crippen LogP contribution in [0, 0.1) is 5.92 Å². The van der Waals surface area contributed by atoms with Crippen LogP contribution in [0.1, 0.15) is 51.0 Å². The lowest BCUT2D eigenvalue weighted by Gasteiger charge is -2.27. The summed E-state index contributed by atoms with van der Waals surface area (Å²) in [6, 6.07) is 1.80. The summed E-state index contributed by atoms with van der Waals surface area (Å²) < 4.78 is 33.0. The Hall–Kier alpha value is -1.75. The lowest BCUT2D eigenvalue weighted by Crippen LogP contribution is -2.35. The summed E-state index contributed by atoms with van der Waals surface area (Å²) in [5, 5.41) is 2.66. The second-order valence-electron chi connectivity index (χ2n) is 8.33. The molecular formula is C21H26ClN3O5S2. The van der Waals surface area contributed by atoms with Crippen molar-refractivity contribution in [2.24, 2.45) is 5.92 Å². The van der Waals surface area contributed by atoms with Gasteiger partial charge in [0.05, 0.1) is 16.3 Å². The Labute approximate surface area is 195 Å². The summed E-state index contributed by atoms with van der Waals surface area (Å²) in [6.45, 7) is 1.24. The molecule has 1 aliphatic carbocycles. The minimum absolute atomic E-state index is 0.0302. The van der Waals surface area contributed by atoms with Crippen LogP contribution in [-0.4, -0.2) is 42.3 Å². The van der Waals surface area contributed by atoms with Gasteiger partial charge in [0.25, 0.3) is 5.56 Å². The van der Waals surface area contributed by atoms with Crippen molar-refractivity contribution in [2.45, 2.75) is 61.1 Å². The number of halogens is 1. The van der Waals surface area contributed by atoms with E-state index < -0.39 is 26.7 Å². The average molecular weight is 500 g/mol. The Bertz CT molecular complexity index is 1120. The number of ether oxygens (including phenoxy) is 1. The molecule has 1 N–H and O–H groups in total. The van der Waals surface area contributed by atoms with E-state index in [4.69, 9.17) is 16.3 Å². The number of aromatic nitrogens is 2. The highest BCUT2D eigenvalue weighted by Gasteiger charge is 2.32. The van der Waals surface area contributed by atoms with Gasteiger partial charge < -0.3 is 14.6 Å². The molecule has 0 spiro atoms. The van der Waals surface area contributed by atoms with E-state index in [0.717, 1.165) is 43.1 Å². The summed E-state index contributed by atoms with van der Waals surface area (Å²) in [5.74, 6) is -0.163. The van der Waals surface area contributed by atoms with Crippen molar-refractivity contribution in [3.05, 3.63) is 39.2 Å². The predicted octanol–water partition coefficient (Wildman–Crippen LogP) is 3.67. The lowest BCUT2D eigenvalue weighted by molar-refractivity contribution is -0.120. The molecular weight excluding hydrogens is 474 g/mol. The fourth-order valence-corrected chi connectivity index (χ4v) is 7.11. The third-order valence-electron chi connectivity index (χ3n) is 6.23. The fourth-order valence-electron chi connectivity index (χ4n) is 4.44. The van der Waals surface area contributed by atoms with E-state index in [-0.39, 0.29) is 16.7 Å². The van der Waals surface area contributed by atoms with Crippen LogP contribution >= 0.6 is 22.9 Å². The van der Waals surface area contributed by atoms with E-state index in [2.05, 4.69) is 10.3 Å². The van der Waals surface area contributed by atoms with E-state index in [1.54, 1.807) is 0 Å². The number of pyridine rings is 1. The minimum atomic E-state index is -3.55. The van der Waals surface area contributed by atoms with Crippen LogP contribution in [-0.2, 0) is 19.4 Å². The molecule has 8 nitrogen and oxygen atoms in total. The summed E-state index contributed by atoms with van der Waals surface area (Å²) >= 11 is 7.05. The maximum atomic E-state index is 13.1. The van der Waals surface area contributed by atoms with E-state index >= 15 is 0 Å². The molecule has 1 saturated heterocycles. The number of hydrogen-bond acceptors (Lipinski definition) is 7. The third kappa shape index (κ3) is 5.24. The van der Waals surface area contributed by atoms with Gasteiger partial charge in [-0.3, -0.25) is 9.59 Å². The van der Waals surface area contributed by atoms with Crippen molar-refractivity contribution < 1.29 is 17.9 Å². The average Bonchev–Trinajstić information content (AvgIpc) is 3.45. The Balaban J connectivity index is 1.62. The molecule has 3 heterocycles. The second-order valence-corrected chi connectivity index (χ2v) is 12.2. The van der Waals surface area contributed by atoms with Crippen LogP contribution in [0.2, 0.25) is 4.34 Å². The highest BCUT2D eigenvalue weighted by molar-refractivity contribution is 7.92. The van der Waals surface area contributed by atoms with Crippen LogP contribution in [0.4, 0.5) is 5.13 Å². The Morgan fingerprint density at radius 2 is 2.00 bits per heavy atom. The molecule has 0 aromatic carbocycles. The first kappa shape index (κ1) is 23.4. The molecule has 11 heteroatoms. The Kier molecular flexibility index (Phi) is 7.34. The largest absolute Gasteiger partial charge is 0.381 e. The van der Waals surface area contributed by atoms with Crippen molar-refractivity contribution in [1.82, 2.24) is 9.55 Å². The maximum absolute atomic E-state index is 13.1. The number of amides is 1. The van der Waals surface area contributed by atoms with Crippen LogP contribution < -0.4 is 10.9 Å². The zero-order chi connectivity index (χ0) is 22.7. The standard InChI is InChI=1S/C21H26ClN3O5S2/c22-18-13-23-21(31-18)24-20(27)17(11-14-6-9-30-10-7-14)25-8-5-16(12-19(25)26)32(28,29)15-3-1-2-4-15/h5,8,12-15,17H,1-4,6-7,9-11H2,(H,23,24,27)/t17-/m0/s1. The number of carbonyl (C=O) groups excluding carboxylic acids is 1. The van der Waals surface area contributed by atoms with Gasteiger partial charge in [0, 0.05) is 25.5 Å². The summed E-state index contributed by atoms with van der Waals surface area (Å²) in [6.07, 6.45) is 7.94. The van der Waals surface area contributed by atoms with Gasteiger partial charge in [-0.25, -0.2) is 13.4 Å². The van der Waals surface area contributed by atoms with Crippen LogP contribution in [0.15, 0.2) is 34.2 Å². The number of anilines is 1. The molecule has 0 bridgehead atoms. The molecule has 2 aromatic rings.